The Kier molecular flexibility index (Phi) is 2.71. The number of hydrogen-bond acceptors (Lipinski definition) is 2. The minimum Gasteiger partial charge on any atom is -0.352 e. The van der Waals surface area contributed by atoms with Gasteiger partial charge in [0.25, 0.3) is 0 Å². The predicted octanol–water partition coefficient (Wildman–Crippen LogP) is 4.54. The summed E-state index contributed by atoms with van der Waals surface area (Å²) in [6.07, 6.45) is 0. The summed E-state index contributed by atoms with van der Waals surface area (Å²) in [6, 6.07) is 17.0. The van der Waals surface area contributed by atoms with Crippen molar-refractivity contribution in [3.8, 4) is 0 Å². The largest absolute Gasteiger partial charge is 0.352 e. The van der Waals surface area contributed by atoms with Crippen LogP contribution in [0, 0.1) is 5.92 Å². The first-order valence-corrected chi connectivity index (χ1v) is 6.48. The third kappa shape index (κ3) is 1.84. The molecule has 2 heteroatoms. The topological polar surface area (TPSA) is 15.3 Å². The average molecular weight is 238 g/mol. The van der Waals surface area contributed by atoms with Crippen LogP contribution in [0.25, 0.3) is 0 Å². The Morgan fingerprint density at radius 2 is 1.39 bits per heavy atom. The highest BCUT2D eigenvalue weighted by Crippen LogP contribution is 2.43. The summed E-state index contributed by atoms with van der Waals surface area (Å²) >= 11 is 0. The Hall–Kier alpha value is -1.96. The molecule has 0 aromatic heterocycles. The van der Waals surface area contributed by atoms with Crippen LogP contribution in [0.5, 0.6) is 0 Å². The molecule has 2 aromatic rings. The van der Waals surface area contributed by atoms with E-state index in [1.165, 1.54) is 22.7 Å². The number of nitrogens with zero attached hydrogens (tertiary/aromatic N) is 1. The third-order valence-corrected chi connectivity index (χ3v) is 3.21. The standard InChI is InChI=1S/C16H18N2/c1-12(2)11-18-15-9-5-3-7-13(15)17-14-8-4-6-10-16(14)18/h3-10,12,17H,11H2,1-2H3. The van der Waals surface area contributed by atoms with Crippen LogP contribution in [-0.4, -0.2) is 6.54 Å². The number of fused-ring (bicyclic) bond motifs is 2. The van der Waals surface area contributed by atoms with Crippen molar-refractivity contribution in [3.63, 3.8) is 0 Å². The van der Waals surface area contributed by atoms with E-state index < -0.39 is 0 Å². The fourth-order valence-corrected chi connectivity index (χ4v) is 2.47. The van der Waals surface area contributed by atoms with Crippen LogP contribution in [-0.2, 0) is 0 Å². The molecule has 0 aliphatic carbocycles. The quantitative estimate of drug-likeness (QED) is 0.826. The molecule has 1 heterocycles. The van der Waals surface area contributed by atoms with Crippen molar-refractivity contribution in [1.29, 1.82) is 0 Å². The van der Waals surface area contributed by atoms with Gasteiger partial charge in [0, 0.05) is 6.54 Å². The summed E-state index contributed by atoms with van der Waals surface area (Å²) in [5.74, 6) is 0.629. The van der Waals surface area contributed by atoms with Crippen molar-refractivity contribution < 1.29 is 0 Å². The summed E-state index contributed by atoms with van der Waals surface area (Å²) in [6.45, 7) is 5.55. The molecular weight excluding hydrogens is 220 g/mol. The Balaban J connectivity index is 2.11. The van der Waals surface area contributed by atoms with Crippen LogP contribution in [0.15, 0.2) is 48.5 Å². The van der Waals surface area contributed by atoms with Crippen molar-refractivity contribution in [1.82, 2.24) is 0 Å². The second kappa shape index (κ2) is 4.37. The van der Waals surface area contributed by atoms with Crippen LogP contribution < -0.4 is 10.2 Å². The first kappa shape index (κ1) is 11.1. The number of hydrogen-bond donors (Lipinski definition) is 1. The van der Waals surface area contributed by atoms with Gasteiger partial charge in [-0.1, -0.05) is 38.1 Å². The zero-order valence-electron chi connectivity index (χ0n) is 10.9. The average Bonchev–Trinajstić information content (AvgIpc) is 2.38. The molecule has 2 aromatic carbocycles. The molecule has 1 aliphatic heterocycles. The van der Waals surface area contributed by atoms with Gasteiger partial charge in [0.2, 0.25) is 0 Å². The summed E-state index contributed by atoms with van der Waals surface area (Å²) in [4.78, 5) is 2.41. The van der Waals surface area contributed by atoms with Crippen LogP contribution in [0.4, 0.5) is 22.7 Å². The lowest BCUT2D eigenvalue weighted by molar-refractivity contribution is 0.651. The fourth-order valence-electron chi connectivity index (χ4n) is 2.47. The second-order valence-corrected chi connectivity index (χ2v) is 5.16. The summed E-state index contributed by atoms with van der Waals surface area (Å²) in [5.41, 5.74) is 4.92. The van der Waals surface area contributed by atoms with Gasteiger partial charge in [-0.3, -0.25) is 0 Å². The van der Waals surface area contributed by atoms with E-state index in [4.69, 9.17) is 0 Å². The van der Waals surface area contributed by atoms with Gasteiger partial charge in [0.1, 0.15) is 0 Å². The molecule has 0 bridgehead atoms. The summed E-state index contributed by atoms with van der Waals surface area (Å²) < 4.78 is 0. The molecule has 0 fully saturated rings. The van der Waals surface area contributed by atoms with Crippen molar-refractivity contribution >= 4 is 22.7 Å². The molecule has 0 saturated carbocycles. The lowest BCUT2D eigenvalue weighted by atomic mass is 10.1. The van der Waals surface area contributed by atoms with Gasteiger partial charge < -0.3 is 10.2 Å². The van der Waals surface area contributed by atoms with E-state index in [-0.39, 0.29) is 0 Å². The molecule has 0 saturated heterocycles. The Morgan fingerprint density at radius 1 is 0.889 bits per heavy atom. The van der Waals surface area contributed by atoms with Crippen molar-refractivity contribution in [2.45, 2.75) is 13.8 Å². The van der Waals surface area contributed by atoms with Gasteiger partial charge >= 0.3 is 0 Å². The molecule has 92 valence electrons. The Bertz CT molecular complexity index is 515. The SMILES string of the molecule is CC(C)CN1c2ccccc2Nc2ccccc21. The first-order chi connectivity index (χ1) is 8.75. The highest BCUT2D eigenvalue weighted by molar-refractivity contribution is 5.91. The van der Waals surface area contributed by atoms with E-state index in [9.17, 15) is 0 Å². The normalized spacial score (nSPS) is 12.9. The van der Waals surface area contributed by atoms with E-state index in [2.05, 4.69) is 72.6 Å². The maximum Gasteiger partial charge on any atom is 0.0650 e. The molecule has 0 unspecified atom stereocenters. The van der Waals surface area contributed by atoms with E-state index >= 15 is 0 Å². The van der Waals surface area contributed by atoms with Crippen LogP contribution >= 0.6 is 0 Å². The molecule has 0 amide bonds. The van der Waals surface area contributed by atoms with Crippen molar-refractivity contribution in [2.75, 3.05) is 16.8 Å². The molecule has 1 N–H and O–H groups in total. The third-order valence-electron chi connectivity index (χ3n) is 3.21. The van der Waals surface area contributed by atoms with Crippen molar-refractivity contribution in [2.24, 2.45) is 5.92 Å². The number of rotatable bonds is 2. The molecule has 0 atom stereocenters. The second-order valence-electron chi connectivity index (χ2n) is 5.16. The molecule has 2 nitrogen and oxygen atoms in total. The minimum atomic E-state index is 0.629. The maximum absolute atomic E-state index is 3.50. The van der Waals surface area contributed by atoms with Gasteiger partial charge in [-0.05, 0) is 30.2 Å². The summed E-state index contributed by atoms with van der Waals surface area (Å²) in [5, 5.41) is 3.50. The number of nitrogens with one attached hydrogen (secondary N) is 1. The van der Waals surface area contributed by atoms with Gasteiger partial charge in [-0.15, -0.1) is 0 Å². The predicted molar refractivity (Wildman–Crippen MR) is 78.0 cm³/mol. The highest BCUT2D eigenvalue weighted by Gasteiger charge is 2.21. The van der Waals surface area contributed by atoms with Gasteiger partial charge in [0.05, 0.1) is 22.7 Å². The van der Waals surface area contributed by atoms with E-state index in [1.807, 2.05) is 0 Å². The zero-order chi connectivity index (χ0) is 12.5. The van der Waals surface area contributed by atoms with E-state index in [0.29, 0.717) is 5.92 Å². The van der Waals surface area contributed by atoms with Crippen molar-refractivity contribution in [3.05, 3.63) is 48.5 Å². The molecule has 0 radical (unpaired) electrons. The van der Waals surface area contributed by atoms with Crippen LogP contribution in [0.2, 0.25) is 0 Å². The van der Waals surface area contributed by atoms with Crippen LogP contribution in [0.1, 0.15) is 13.8 Å². The van der Waals surface area contributed by atoms with Gasteiger partial charge in [-0.2, -0.15) is 0 Å². The molecule has 18 heavy (non-hydrogen) atoms. The number of para-hydroxylation sites is 4. The Morgan fingerprint density at radius 3 is 1.89 bits per heavy atom. The van der Waals surface area contributed by atoms with E-state index in [1.54, 1.807) is 0 Å². The molecule has 0 spiro atoms. The first-order valence-electron chi connectivity index (χ1n) is 6.48. The minimum absolute atomic E-state index is 0.629. The number of benzene rings is 2. The summed E-state index contributed by atoms with van der Waals surface area (Å²) in [7, 11) is 0. The van der Waals surface area contributed by atoms with Gasteiger partial charge in [0.15, 0.2) is 0 Å². The zero-order valence-corrected chi connectivity index (χ0v) is 10.9. The lowest BCUT2D eigenvalue weighted by Gasteiger charge is -2.34. The molecule has 1 aliphatic rings. The van der Waals surface area contributed by atoms with Crippen LogP contribution in [0.3, 0.4) is 0 Å². The highest BCUT2D eigenvalue weighted by atomic mass is 15.2. The lowest BCUT2D eigenvalue weighted by Crippen LogP contribution is -2.26. The Labute approximate surface area is 108 Å². The molecular formula is C16H18N2. The van der Waals surface area contributed by atoms with Gasteiger partial charge in [-0.25, -0.2) is 0 Å². The maximum atomic E-state index is 3.50. The fraction of sp³-hybridized carbons (Fsp3) is 0.250. The smallest absolute Gasteiger partial charge is 0.0650 e. The number of anilines is 4. The molecule has 3 rings (SSSR count). The monoisotopic (exact) mass is 238 g/mol. The van der Waals surface area contributed by atoms with E-state index in [0.717, 1.165) is 6.54 Å².